The third-order valence-electron chi connectivity index (χ3n) is 3.46. The molecule has 0 aliphatic carbocycles. The van der Waals surface area contributed by atoms with E-state index in [-0.39, 0.29) is 17.8 Å². The number of benzene rings is 2. The Kier molecular flexibility index (Phi) is 4.12. The van der Waals surface area contributed by atoms with Gasteiger partial charge in [-0.15, -0.1) is 5.10 Å². The summed E-state index contributed by atoms with van der Waals surface area (Å²) in [5, 5.41) is 7.86. The third-order valence-corrected chi connectivity index (χ3v) is 3.46. The van der Waals surface area contributed by atoms with Crippen LogP contribution < -0.4 is 5.73 Å². The first-order valence-electron chi connectivity index (χ1n) is 6.92. The molecule has 118 valence electrons. The summed E-state index contributed by atoms with van der Waals surface area (Å²) in [6.45, 7) is 0.310. The fourth-order valence-electron chi connectivity index (χ4n) is 2.36. The van der Waals surface area contributed by atoms with E-state index in [4.69, 9.17) is 5.73 Å². The molecule has 4 nitrogen and oxygen atoms in total. The lowest BCUT2D eigenvalue weighted by Gasteiger charge is -2.10. The largest absolute Gasteiger partial charge is 0.325 e. The van der Waals surface area contributed by atoms with Gasteiger partial charge in [0, 0.05) is 12.1 Å². The molecule has 0 bridgehead atoms. The number of hydrogen-bond donors (Lipinski definition) is 1. The average Bonchev–Trinajstić information content (AvgIpc) is 2.96. The lowest BCUT2D eigenvalue weighted by molar-refractivity contribution is 0.448. The molecule has 0 saturated carbocycles. The molecular formula is C16H13F3N4. The second-order valence-electron chi connectivity index (χ2n) is 4.96. The highest BCUT2D eigenvalue weighted by Gasteiger charge is 2.21. The quantitative estimate of drug-likeness (QED) is 0.753. The van der Waals surface area contributed by atoms with E-state index in [1.54, 1.807) is 0 Å². The van der Waals surface area contributed by atoms with Crippen molar-refractivity contribution < 1.29 is 13.2 Å². The summed E-state index contributed by atoms with van der Waals surface area (Å²) in [6.07, 6.45) is 0. The van der Waals surface area contributed by atoms with Crippen molar-refractivity contribution in [2.75, 3.05) is 0 Å². The molecule has 0 atom stereocenters. The summed E-state index contributed by atoms with van der Waals surface area (Å²) in [7, 11) is 0. The number of rotatable bonds is 4. The predicted octanol–water partition coefficient (Wildman–Crippen LogP) is 2.87. The number of aromatic nitrogens is 3. The van der Waals surface area contributed by atoms with E-state index in [2.05, 4.69) is 10.3 Å². The van der Waals surface area contributed by atoms with Crippen LogP contribution in [-0.2, 0) is 13.1 Å². The third kappa shape index (κ3) is 2.83. The molecule has 3 aromatic rings. The second kappa shape index (κ2) is 6.21. The van der Waals surface area contributed by atoms with Crippen molar-refractivity contribution in [3.63, 3.8) is 0 Å². The molecule has 2 aromatic carbocycles. The maximum Gasteiger partial charge on any atom is 0.195 e. The zero-order valence-corrected chi connectivity index (χ0v) is 12.0. The van der Waals surface area contributed by atoms with Gasteiger partial charge in [-0.05, 0) is 17.7 Å². The Bertz CT molecular complexity index is 831. The first kappa shape index (κ1) is 15.2. The normalized spacial score (nSPS) is 11.0. The van der Waals surface area contributed by atoms with E-state index < -0.39 is 17.5 Å². The molecule has 0 saturated heterocycles. The highest BCUT2D eigenvalue weighted by Crippen LogP contribution is 2.28. The lowest BCUT2D eigenvalue weighted by Crippen LogP contribution is -2.07. The van der Waals surface area contributed by atoms with Crippen molar-refractivity contribution in [1.82, 2.24) is 15.0 Å². The van der Waals surface area contributed by atoms with Crippen molar-refractivity contribution in [3.8, 4) is 11.3 Å². The zero-order valence-electron chi connectivity index (χ0n) is 12.0. The Balaban J connectivity index is 2.11. The fraction of sp³-hybridized carbons (Fsp3) is 0.125. The Hall–Kier alpha value is -2.67. The van der Waals surface area contributed by atoms with Crippen LogP contribution in [0.15, 0.2) is 42.5 Å². The van der Waals surface area contributed by atoms with Gasteiger partial charge < -0.3 is 5.73 Å². The van der Waals surface area contributed by atoms with Crippen LogP contribution in [0.1, 0.15) is 11.3 Å². The Morgan fingerprint density at radius 1 is 0.957 bits per heavy atom. The smallest absolute Gasteiger partial charge is 0.195 e. The molecule has 7 heteroatoms. The summed E-state index contributed by atoms with van der Waals surface area (Å²) < 4.78 is 42.3. The minimum absolute atomic E-state index is 0.00254. The molecule has 0 amide bonds. The van der Waals surface area contributed by atoms with Crippen molar-refractivity contribution in [2.24, 2.45) is 5.73 Å². The van der Waals surface area contributed by atoms with E-state index >= 15 is 0 Å². The molecule has 0 radical (unpaired) electrons. The molecule has 0 aliphatic rings. The maximum atomic E-state index is 14.1. The molecule has 0 aliphatic heterocycles. The average molecular weight is 318 g/mol. The van der Waals surface area contributed by atoms with Crippen molar-refractivity contribution in [2.45, 2.75) is 13.1 Å². The van der Waals surface area contributed by atoms with Crippen LogP contribution in [0.25, 0.3) is 11.3 Å². The molecule has 0 spiro atoms. The summed E-state index contributed by atoms with van der Waals surface area (Å²) in [5.41, 5.74) is 6.95. The number of halogens is 3. The summed E-state index contributed by atoms with van der Waals surface area (Å²) in [6, 6.07) is 11.3. The van der Waals surface area contributed by atoms with Gasteiger partial charge in [0.1, 0.15) is 5.69 Å². The van der Waals surface area contributed by atoms with Gasteiger partial charge in [0.15, 0.2) is 17.5 Å². The van der Waals surface area contributed by atoms with Crippen LogP contribution in [0.5, 0.6) is 0 Å². The molecule has 1 aromatic heterocycles. The minimum Gasteiger partial charge on any atom is -0.325 e. The maximum absolute atomic E-state index is 14.1. The van der Waals surface area contributed by atoms with E-state index in [1.165, 1.54) is 4.68 Å². The molecule has 23 heavy (non-hydrogen) atoms. The standard InChI is InChI=1S/C16H13F3N4/c17-12-7-6-11(14(18)15(12)19)16-13(8-20)21-22-23(16)9-10-4-2-1-3-5-10/h1-7H,8-9,20H2. The summed E-state index contributed by atoms with van der Waals surface area (Å²) in [4.78, 5) is 0. The fourth-order valence-corrected chi connectivity index (χ4v) is 2.36. The molecule has 3 rings (SSSR count). The van der Waals surface area contributed by atoms with Gasteiger partial charge in [0.25, 0.3) is 0 Å². The topological polar surface area (TPSA) is 56.7 Å². The van der Waals surface area contributed by atoms with Crippen LogP contribution in [0.4, 0.5) is 13.2 Å². The molecular weight excluding hydrogens is 305 g/mol. The predicted molar refractivity (Wildman–Crippen MR) is 78.8 cm³/mol. The van der Waals surface area contributed by atoms with Gasteiger partial charge in [0.05, 0.1) is 12.2 Å². The van der Waals surface area contributed by atoms with Crippen LogP contribution in [0.3, 0.4) is 0 Å². The number of hydrogen-bond acceptors (Lipinski definition) is 3. The first-order chi connectivity index (χ1) is 11.1. The van der Waals surface area contributed by atoms with Gasteiger partial charge in [0.2, 0.25) is 0 Å². The zero-order chi connectivity index (χ0) is 16.4. The molecule has 1 heterocycles. The van der Waals surface area contributed by atoms with Crippen LogP contribution >= 0.6 is 0 Å². The van der Waals surface area contributed by atoms with Crippen LogP contribution in [0, 0.1) is 17.5 Å². The molecule has 2 N–H and O–H groups in total. The van der Waals surface area contributed by atoms with Crippen LogP contribution in [-0.4, -0.2) is 15.0 Å². The number of nitrogens with zero attached hydrogens (tertiary/aromatic N) is 3. The highest BCUT2D eigenvalue weighted by molar-refractivity contribution is 5.63. The van der Waals surface area contributed by atoms with E-state index in [9.17, 15) is 13.2 Å². The first-order valence-corrected chi connectivity index (χ1v) is 6.92. The highest BCUT2D eigenvalue weighted by atomic mass is 19.2. The van der Waals surface area contributed by atoms with Gasteiger partial charge in [-0.1, -0.05) is 35.5 Å². The van der Waals surface area contributed by atoms with E-state index in [0.29, 0.717) is 12.2 Å². The van der Waals surface area contributed by atoms with Gasteiger partial charge in [-0.2, -0.15) is 0 Å². The Morgan fingerprint density at radius 2 is 1.70 bits per heavy atom. The monoisotopic (exact) mass is 318 g/mol. The van der Waals surface area contributed by atoms with Gasteiger partial charge >= 0.3 is 0 Å². The SMILES string of the molecule is NCc1nnn(Cc2ccccc2)c1-c1ccc(F)c(F)c1F. The molecule has 0 fully saturated rings. The van der Waals surface area contributed by atoms with Crippen LogP contribution in [0.2, 0.25) is 0 Å². The lowest BCUT2D eigenvalue weighted by atomic mass is 10.1. The van der Waals surface area contributed by atoms with E-state index in [1.807, 2.05) is 30.3 Å². The number of nitrogens with two attached hydrogens (primary N) is 1. The summed E-state index contributed by atoms with van der Waals surface area (Å²) in [5.74, 6) is -4.06. The summed E-state index contributed by atoms with van der Waals surface area (Å²) >= 11 is 0. The molecule has 0 unspecified atom stereocenters. The minimum atomic E-state index is -1.53. The van der Waals surface area contributed by atoms with E-state index in [0.717, 1.165) is 17.7 Å². The van der Waals surface area contributed by atoms with Crippen molar-refractivity contribution in [3.05, 3.63) is 71.2 Å². The Morgan fingerprint density at radius 3 is 2.39 bits per heavy atom. The van der Waals surface area contributed by atoms with Crippen molar-refractivity contribution in [1.29, 1.82) is 0 Å². The Labute approximate surface area is 130 Å². The van der Waals surface area contributed by atoms with Crippen molar-refractivity contribution >= 4 is 0 Å². The second-order valence-corrected chi connectivity index (χ2v) is 4.96. The van der Waals surface area contributed by atoms with Gasteiger partial charge in [-0.3, -0.25) is 0 Å². The van der Waals surface area contributed by atoms with Gasteiger partial charge in [-0.25, -0.2) is 17.9 Å².